The number of nitrogens with zero attached hydrogens (tertiary/aromatic N) is 1. The number of hydrogen-bond acceptors (Lipinski definition) is 3. The average Bonchev–Trinajstić information content (AvgIpc) is 2.67. The number of para-hydroxylation sites is 1. The number of carbonyl (C=O) groups is 1. The molecule has 0 bridgehead atoms. The first-order chi connectivity index (χ1) is 8.59. The lowest BCUT2D eigenvalue weighted by Gasteiger charge is -2.07. The van der Waals surface area contributed by atoms with Gasteiger partial charge >= 0.3 is 0 Å². The van der Waals surface area contributed by atoms with Crippen molar-refractivity contribution in [2.75, 3.05) is 5.73 Å². The number of H-pyrrole nitrogens is 1. The first kappa shape index (κ1) is 12.2. The zero-order valence-corrected chi connectivity index (χ0v) is 10.4. The Morgan fingerprint density at radius 1 is 1.39 bits per heavy atom. The average molecular weight is 244 g/mol. The molecular weight excluding hydrogens is 228 g/mol. The SMILES string of the molecule is Cc1n[nH]c(C)c1CNC(=O)c1ccccc1N. The van der Waals surface area contributed by atoms with Crippen molar-refractivity contribution >= 4 is 11.6 Å². The van der Waals surface area contributed by atoms with Crippen molar-refractivity contribution in [3.63, 3.8) is 0 Å². The number of anilines is 1. The second kappa shape index (κ2) is 4.91. The molecule has 2 aromatic rings. The third-order valence-corrected chi connectivity index (χ3v) is 2.91. The van der Waals surface area contributed by atoms with Gasteiger partial charge in [-0.15, -0.1) is 0 Å². The topological polar surface area (TPSA) is 83.8 Å². The van der Waals surface area contributed by atoms with E-state index >= 15 is 0 Å². The Morgan fingerprint density at radius 3 is 2.72 bits per heavy atom. The van der Waals surface area contributed by atoms with Crippen LogP contribution < -0.4 is 11.1 Å². The van der Waals surface area contributed by atoms with Crippen LogP contribution in [0.1, 0.15) is 27.3 Å². The zero-order chi connectivity index (χ0) is 13.1. The van der Waals surface area contributed by atoms with E-state index in [2.05, 4.69) is 15.5 Å². The number of aromatic nitrogens is 2. The number of carbonyl (C=O) groups excluding carboxylic acids is 1. The van der Waals surface area contributed by atoms with Gasteiger partial charge in [0.1, 0.15) is 0 Å². The standard InChI is InChI=1S/C13H16N4O/c1-8-11(9(2)17-16-8)7-15-13(18)10-5-3-4-6-12(10)14/h3-6H,7,14H2,1-2H3,(H,15,18)(H,16,17). The summed E-state index contributed by atoms with van der Waals surface area (Å²) in [5.74, 6) is -0.173. The lowest BCUT2D eigenvalue weighted by atomic mass is 10.1. The summed E-state index contributed by atoms with van der Waals surface area (Å²) in [6, 6.07) is 7.01. The lowest BCUT2D eigenvalue weighted by Crippen LogP contribution is -2.24. The minimum atomic E-state index is -0.173. The van der Waals surface area contributed by atoms with Crippen LogP contribution in [0.3, 0.4) is 0 Å². The molecular formula is C13H16N4O. The molecule has 0 spiro atoms. The molecule has 94 valence electrons. The third kappa shape index (κ3) is 2.34. The summed E-state index contributed by atoms with van der Waals surface area (Å²) in [4.78, 5) is 12.0. The van der Waals surface area contributed by atoms with Crippen LogP contribution in [0.25, 0.3) is 0 Å². The Bertz CT molecular complexity index is 555. The second-order valence-electron chi connectivity index (χ2n) is 4.18. The van der Waals surface area contributed by atoms with Crippen molar-refractivity contribution < 1.29 is 4.79 Å². The monoisotopic (exact) mass is 244 g/mol. The summed E-state index contributed by atoms with van der Waals surface area (Å²) in [6.45, 7) is 4.28. The first-order valence-corrected chi connectivity index (χ1v) is 5.72. The largest absolute Gasteiger partial charge is 0.398 e. The van der Waals surface area contributed by atoms with Crippen molar-refractivity contribution in [3.8, 4) is 0 Å². The highest BCUT2D eigenvalue weighted by Gasteiger charge is 2.11. The normalized spacial score (nSPS) is 10.3. The van der Waals surface area contributed by atoms with E-state index in [1.807, 2.05) is 13.8 Å². The van der Waals surface area contributed by atoms with Crippen molar-refractivity contribution in [1.29, 1.82) is 0 Å². The molecule has 1 aromatic carbocycles. The van der Waals surface area contributed by atoms with E-state index in [9.17, 15) is 4.79 Å². The number of nitrogen functional groups attached to an aromatic ring is 1. The van der Waals surface area contributed by atoms with Crippen LogP contribution in [-0.4, -0.2) is 16.1 Å². The van der Waals surface area contributed by atoms with E-state index in [1.165, 1.54) is 0 Å². The summed E-state index contributed by atoms with van der Waals surface area (Å²) in [5, 5.41) is 9.81. The molecule has 0 saturated heterocycles. The van der Waals surface area contributed by atoms with Gasteiger partial charge in [0.2, 0.25) is 0 Å². The number of amides is 1. The zero-order valence-electron chi connectivity index (χ0n) is 10.4. The number of benzene rings is 1. The van der Waals surface area contributed by atoms with Crippen LogP contribution in [0.2, 0.25) is 0 Å². The Hall–Kier alpha value is -2.30. The van der Waals surface area contributed by atoms with E-state index in [-0.39, 0.29) is 5.91 Å². The van der Waals surface area contributed by atoms with Gasteiger partial charge in [0.15, 0.2) is 0 Å². The summed E-state index contributed by atoms with van der Waals surface area (Å²) in [7, 11) is 0. The molecule has 0 fully saturated rings. The van der Waals surface area contributed by atoms with Gasteiger partial charge in [-0.25, -0.2) is 0 Å². The van der Waals surface area contributed by atoms with Crippen molar-refractivity contribution in [2.45, 2.75) is 20.4 Å². The number of hydrogen-bond donors (Lipinski definition) is 3. The van der Waals surface area contributed by atoms with E-state index < -0.39 is 0 Å². The van der Waals surface area contributed by atoms with Crippen LogP contribution in [0.15, 0.2) is 24.3 Å². The number of rotatable bonds is 3. The summed E-state index contributed by atoms with van der Waals surface area (Å²) < 4.78 is 0. The predicted molar refractivity (Wildman–Crippen MR) is 70.1 cm³/mol. The quantitative estimate of drug-likeness (QED) is 0.716. The highest BCUT2D eigenvalue weighted by atomic mass is 16.1. The van der Waals surface area contributed by atoms with Gasteiger partial charge in [-0.3, -0.25) is 9.89 Å². The number of aryl methyl sites for hydroxylation is 2. The van der Waals surface area contributed by atoms with Gasteiger partial charge in [0.25, 0.3) is 5.91 Å². The summed E-state index contributed by atoms with van der Waals surface area (Å²) in [5.41, 5.74) is 9.61. The van der Waals surface area contributed by atoms with Gasteiger partial charge < -0.3 is 11.1 Å². The van der Waals surface area contributed by atoms with E-state index in [4.69, 9.17) is 5.73 Å². The van der Waals surface area contributed by atoms with E-state index in [0.29, 0.717) is 17.8 Å². The van der Waals surface area contributed by atoms with Crippen LogP contribution in [0.5, 0.6) is 0 Å². The maximum absolute atomic E-state index is 12.0. The molecule has 0 saturated carbocycles. The molecule has 18 heavy (non-hydrogen) atoms. The van der Waals surface area contributed by atoms with Crippen molar-refractivity contribution in [2.24, 2.45) is 0 Å². The van der Waals surface area contributed by atoms with Gasteiger partial charge in [-0.2, -0.15) is 5.10 Å². The molecule has 5 heteroatoms. The van der Waals surface area contributed by atoms with Crippen LogP contribution in [0.4, 0.5) is 5.69 Å². The third-order valence-electron chi connectivity index (χ3n) is 2.91. The van der Waals surface area contributed by atoms with Crippen molar-refractivity contribution in [1.82, 2.24) is 15.5 Å². The molecule has 1 heterocycles. The van der Waals surface area contributed by atoms with Gasteiger partial charge in [-0.1, -0.05) is 12.1 Å². The van der Waals surface area contributed by atoms with E-state index in [0.717, 1.165) is 17.0 Å². The molecule has 0 atom stereocenters. The molecule has 1 amide bonds. The molecule has 0 unspecified atom stereocenters. The van der Waals surface area contributed by atoms with Gasteiger partial charge in [-0.05, 0) is 26.0 Å². The number of nitrogens with one attached hydrogen (secondary N) is 2. The maximum Gasteiger partial charge on any atom is 0.253 e. The molecule has 0 aliphatic carbocycles. The highest BCUT2D eigenvalue weighted by molar-refractivity contribution is 5.99. The minimum Gasteiger partial charge on any atom is -0.398 e. The molecule has 0 aliphatic heterocycles. The Kier molecular flexibility index (Phi) is 3.32. The summed E-state index contributed by atoms with van der Waals surface area (Å²) >= 11 is 0. The maximum atomic E-state index is 12.0. The first-order valence-electron chi connectivity index (χ1n) is 5.72. The van der Waals surface area contributed by atoms with Crippen LogP contribution in [0, 0.1) is 13.8 Å². The molecule has 4 N–H and O–H groups in total. The van der Waals surface area contributed by atoms with Gasteiger partial charge in [0.05, 0.1) is 11.3 Å². The van der Waals surface area contributed by atoms with Gasteiger partial charge in [0, 0.05) is 23.5 Å². The van der Waals surface area contributed by atoms with Crippen molar-refractivity contribution in [3.05, 3.63) is 46.8 Å². The van der Waals surface area contributed by atoms with E-state index in [1.54, 1.807) is 24.3 Å². The Morgan fingerprint density at radius 2 is 2.11 bits per heavy atom. The fourth-order valence-electron chi connectivity index (χ4n) is 1.80. The summed E-state index contributed by atoms with van der Waals surface area (Å²) in [6.07, 6.45) is 0. The fraction of sp³-hybridized carbons (Fsp3) is 0.231. The predicted octanol–water partition coefficient (Wildman–Crippen LogP) is 1.54. The smallest absolute Gasteiger partial charge is 0.253 e. The second-order valence-corrected chi connectivity index (χ2v) is 4.18. The molecule has 2 rings (SSSR count). The molecule has 1 aromatic heterocycles. The van der Waals surface area contributed by atoms with Crippen LogP contribution in [-0.2, 0) is 6.54 Å². The number of aromatic amines is 1. The molecule has 0 radical (unpaired) electrons. The lowest BCUT2D eigenvalue weighted by molar-refractivity contribution is 0.0952. The molecule has 0 aliphatic rings. The number of nitrogens with two attached hydrogens (primary N) is 1. The van der Waals surface area contributed by atoms with Crippen LogP contribution >= 0.6 is 0 Å². The highest BCUT2D eigenvalue weighted by Crippen LogP contribution is 2.12. The minimum absolute atomic E-state index is 0.173. The Balaban J connectivity index is 2.08. The molecule has 5 nitrogen and oxygen atoms in total. The fourth-order valence-corrected chi connectivity index (χ4v) is 1.80. The Labute approximate surface area is 105 Å².